The van der Waals surface area contributed by atoms with E-state index in [9.17, 15) is 4.79 Å². The minimum atomic E-state index is -0.281. The van der Waals surface area contributed by atoms with Gasteiger partial charge in [0.25, 0.3) is 0 Å². The van der Waals surface area contributed by atoms with E-state index >= 15 is 0 Å². The average Bonchev–Trinajstić information content (AvgIpc) is 3.44. The number of nitrogens with one attached hydrogen (secondary N) is 1. The summed E-state index contributed by atoms with van der Waals surface area (Å²) in [6, 6.07) is 16.2. The van der Waals surface area contributed by atoms with Crippen LogP contribution in [0.15, 0.2) is 66.8 Å². The van der Waals surface area contributed by atoms with Crippen LogP contribution in [-0.4, -0.2) is 13.0 Å². The zero-order valence-corrected chi connectivity index (χ0v) is 14.2. The number of fused-ring (bicyclic) bond motifs is 1. The van der Waals surface area contributed by atoms with Gasteiger partial charge in [-0.1, -0.05) is 66.8 Å². The SMILES string of the molecule is COc1cccc2c1NC(=O)C1(CC1)C2/C=C/C=C/c1ccccc1. The van der Waals surface area contributed by atoms with Gasteiger partial charge in [-0.25, -0.2) is 0 Å². The predicted molar refractivity (Wildman–Crippen MR) is 101 cm³/mol. The molecular weight excluding hydrogens is 310 g/mol. The van der Waals surface area contributed by atoms with E-state index in [1.54, 1.807) is 7.11 Å². The van der Waals surface area contributed by atoms with Crippen LogP contribution in [0.1, 0.15) is 29.9 Å². The van der Waals surface area contributed by atoms with E-state index < -0.39 is 0 Å². The van der Waals surface area contributed by atoms with Crippen LogP contribution in [-0.2, 0) is 4.79 Å². The molecule has 1 N–H and O–H groups in total. The zero-order valence-electron chi connectivity index (χ0n) is 14.2. The Hall–Kier alpha value is -2.81. The van der Waals surface area contributed by atoms with Gasteiger partial charge in [0.1, 0.15) is 5.75 Å². The lowest BCUT2D eigenvalue weighted by molar-refractivity contribution is -0.121. The molecule has 1 heterocycles. The van der Waals surface area contributed by atoms with Crippen molar-refractivity contribution in [2.24, 2.45) is 5.41 Å². The molecule has 4 rings (SSSR count). The summed E-state index contributed by atoms with van der Waals surface area (Å²) >= 11 is 0. The van der Waals surface area contributed by atoms with Gasteiger partial charge >= 0.3 is 0 Å². The van der Waals surface area contributed by atoms with Crippen LogP contribution < -0.4 is 10.1 Å². The lowest BCUT2D eigenvalue weighted by Gasteiger charge is -2.32. The lowest BCUT2D eigenvalue weighted by Crippen LogP contribution is -2.34. The van der Waals surface area contributed by atoms with Crippen LogP contribution in [0.2, 0.25) is 0 Å². The first-order valence-corrected chi connectivity index (χ1v) is 8.63. The van der Waals surface area contributed by atoms with Gasteiger partial charge in [-0.3, -0.25) is 4.79 Å². The zero-order chi connectivity index (χ0) is 17.3. The highest BCUT2D eigenvalue weighted by atomic mass is 16.5. The third-order valence-electron chi connectivity index (χ3n) is 5.19. The van der Waals surface area contributed by atoms with Crippen molar-refractivity contribution in [3.63, 3.8) is 0 Å². The Morgan fingerprint density at radius 2 is 1.88 bits per heavy atom. The number of carbonyl (C=O) groups excluding carboxylic acids is 1. The van der Waals surface area contributed by atoms with Crippen molar-refractivity contribution in [1.82, 2.24) is 0 Å². The maximum absolute atomic E-state index is 12.7. The minimum Gasteiger partial charge on any atom is -0.495 e. The van der Waals surface area contributed by atoms with E-state index in [1.807, 2.05) is 36.4 Å². The molecule has 2 aromatic carbocycles. The molecular formula is C22H21NO2. The molecule has 0 radical (unpaired) electrons. The number of ether oxygens (including phenoxy) is 1. The molecule has 0 saturated heterocycles. The Balaban J connectivity index is 1.65. The first kappa shape index (κ1) is 15.7. The monoisotopic (exact) mass is 331 g/mol. The average molecular weight is 331 g/mol. The van der Waals surface area contributed by atoms with Gasteiger partial charge in [0, 0.05) is 5.92 Å². The van der Waals surface area contributed by atoms with E-state index in [4.69, 9.17) is 4.74 Å². The van der Waals surface area contributed by atoms with Crippen molar-refractivity contribution in [3.05, 3.63) is 77.9 Å². The van der Waals surface area contributed by atoms with Gasteiger partial charge in [-0.15, -0.1) is 0 Å². The van der Waals surface area contributed by atoms with Gasteiger partial charge < -0.3 is 10.1 Å². The molecule has 1 fully saturated rings. The first-order chi connectivity index (χ1) is 12.2. The second kappa shape index (κ2) is 6.25. The highest BCUT2D eigenvalue weighted by Gasteiger charge is 2.58. The van der Waals surface area contributed by atoms with Crippen LogP contribution in [0, 0.1) is 5.41 Å². The predicted octanol–water partition coefficient (Wildman–Crippen LogP) is 4.78. The van der Waals surface area contributed by atoms with Gasteiger partial charge in [-0.2, -0.15) is 0 Å². The highest BCUT2D eigenvalue weighted by molar-refractivity contribution is 6.03. The van der Waals surface area contributed by atoms with Gasteiger partial charge in [-0.05, 0) is 30.0 Å². The first-order valence-electron chi connectivity index (χ1n) is 8.63. The van der Waals surface area contributed by atoms with Crippen molar-refractivity contribution < 1.29 is 9.53 Å². The summed E-state index contributed by atoms with van der Waals surface area (Å²) in [5.41, 5.74) is 2.84. The third-order valence-corrected chi connectivity index (χ3v) is 5.19. The Labute approximate surface area is 148 Å². The lowest BCUT2D eigenvalue weighted by atomic mass is 9.78. The molecule has 126 valence electrons. The molecule has 1 aliphatic carbocycles. The standard InChI is InChI=1S/C22H21NO2/c1-25-19-13-7-11-17-18(22(14-15-22)21(24)23-20(17)19)12-6-5-10-16-8-3-2-4-9-16/h2-13,18H,14-15H2,1H3,(H,23,24)/b10-5+,12-6+. The maximum atomic E-state index is 12.7. The highest BCUT2D eigenvalue weighted by Crippen LogP contribution is 2.61. The Kier molecular flexibility index (Phi) is 3.92. The molecule has 1 atom stereocenters. The molecule has 3 heteroatoms. The number of methoxy groups -OCH3 is 1. The molecule has 3 nitrogen and oxygen atoms in total. The molecule has 2 aliphatic rings. The summed E-state index contributed by atoms with van der Waals surface area (Å²) < 4.78 is 5.43. The van der Waals surface area contributed by atoms with Gasteiger partial charge in [0.2, 0.25) is 5.91 Å². The van der Waals surface area contributed by atoms with E-state index in [0.717, 1.165) is 35.4 Å². The number of hydrogen-bond acceptors (Lipinski definition) is 2. The Morgan fingerprint density at radius 1 is 1.08 bits per heavy atom. The summed E-state index contributed by atoms with van der Waals surface area (Å²) in [6.07, 6.45) is 10.2. The molecule has 1 saturated carbocycles. The third kappa shape index (κ3) is 2.76. The number of allylic oxidation sites excluding steroid dienone is 3. The molecule has 0 aromatic heterocycles. The van der Waals surface area contributed by atoms with E-state index in [0.29, 0.717) is 0 Å². The summed E-state index contributed by atoms with van der Waals surface area (Å²) in [4.78, 5) is 12.7. The van der Waals surface area contributed by atoms with Gasteiger partial charge in [0.15, 0.2) is 0 Å². The minimum absolute atomic E-state index is 0.0896. The van der Waals surface area contributed by atoms with E-state index in [1.165, 1.54) is 0 Å². The fraction of sp³-hybridized carbons (Fsp3) is 0.227. The fourth-order valence-corrected chi connectivity index (χ4v) is 3.65. The summed E-state index contributed by atoms with van der Waals surface area (Å²) in [6.45, 7) is 0. The number of anilines is 1. The number of para-hydroxylation sites is 1. The molecule has 0 bridgehead atoms. The van der Waals surface area contributed by atoms with Crippen molar-refractivity contribution in [3.8, 4) is 5.75 Å². The smallest absolute Gasteiger partial charge is 0.231 e. The molecule has 25 heavy (non-hydrogen) atoms. The molecule has 1 spiro atoms. The summed E-state index contributed by atoms with van der Waals surface area (Å²) in [5, 5.41) is 3.06. The van der Waals surface area contributed by atoms with Crippen molar-refractivity contribution in [2.75, 3.05) is 12.4 Å². The number of carbonyl (C=O) groups is 1. The molecule has 2 aromatic rings. The van der Waals surface area contributed by atoms with E-state index in [2.05, 4.69) is 41.7 Å². The Morgan fingerprint density at radius 3 is 2.60 bits per heavy atom. The molecule has 1 amide bonds. The van der Waals surface area contributed by atoms with E-state index in [-0.39, 0.29) is 17.2 Å². The normalized spacial score (nSPS) is 20.7. The van der Waals surface area contributed by atoms with Crippen LogP contribution in [0.3, 0.4) is 0 Å². The molecule has 1 aliphatic heterocycles. The number of benzene rings is 2. The van der Waals surface area contributed by atoms with Crippen LogP contribution >= 0.6 is 0 Å². The number of amides is 1. The number of hydrogen-bond donors (Lipinski definition) is 1. The summed E-state index contributed by atoms with van der Waals surface area (Å²) in [7, 11) is 1.64. The maximum Gasteiger partial charge on any atom is 0.231 e. The Bertz CT molecular complexity index is 848. The topological polar surface area (TPSA) is 38.3 Å². The van der Waals surface area contributed by atoms with Crippen LogP contribution in [0.4, 0.5) is 5.69 Å². The molecule has 1 unspecified atom stereocenters. The largest absolute Gasteiger partial charge is 0.495 e. The quantitative estimate of drug-likeness (QED) is 0.819. The van der Waals surface area contributed by atoms with Crippen molar-refractivity contribution >= 4 is 17.7 Å². The second-order valence-corrected chi connectivity index (χ2v) is 6.67. The van der Waals surface area contributed by atoms with Crippen molar-refractivity contribution in [2.45, 2.75) is 18.8 Å². The summed E-state index contributed by atoms with van der Waals surface area (Å²) in [5.74, 6) is 0.928. The number of rotatable bonds is 4. The fourth-order valence-electron chi connectivity index (χ4n) is 3.65. The van der Waals surface area contributed by atoms with Crippen molar-refractivity contribution in [1.29, 1.82) is 0 Å². The van der Waals surface area contributed by atoms with Gasteiger partial charge in [0.05, 0.1) is 18.2 Å². The second-order valence-electron chi connectivity index (χ2n) is 6.67. The van der Waals surface area contributed by atoms with Crippen LogP contribution in [0.5, 0.6) is 5.75 Å². The van der Waals surface area contributed by atoms with Crippen LogP contribution in [0.25, 0.3) is 6.08 Å².